The van der Waals surface area contributed by atoms with Gasteiger partial charge in [-0.05, 0) is 16.3 Å². The van der Waals surface area contributed by atoms with Crippen LogP contribution in [-0.4, -0.2) is 18.1 Å². The van der Waals surface area contributed by atoms with Crippen LogP contribution in [0.1, 0.15) is 12.0 Å². The summed E-state index contributed by atoms with van der Waals surface area (Å²) in [5.41, 5.74) is 6.34. The summed E-state index contributed by atoms with van der Waals surface area (Å²) in [6.45, 7) is 0.433. The summed E-state index contributed by atoms with van der Waals surface area (Å²) in [5.74, 6) is -0.282. The Morgan fingerprint density at radius 3 is 2.67 bits per heavy atom. The van der Waals surface area contributed by atoms with Crippen molar-refractivity contribution < 1.29 is 9.53 Å². The summed E-state index contributed by atoms with van der Waals surface area (Å²) in [5, 5.41) is 2.37. The molecule has 3 heteroatoms. The van der Waals surface area contributed by atoms with Gasteiger partial charge in [-0.15, -0.1) is 0 Å². The highest BCUT2D eigenvalue weighted by Gasteiger charge is 2.40. The Morgan fingerprint density at radius 1 is 1.17 bits per heavy atom. The standard InChI is InChI=1S/C15H15NO2/c16-15(7-8-18-14(15)17)10-11-5-6-12-3-1-2-4-13(12)9-11/h1-6,9H,7-8,10,16H2/t15-/m1/s1. The molecule has 3 nitrogen and oxygen atoms in total. The minimum atomic E-state index is -0.845. The fourth-order valence-electron chi connectivity index (χ4n) is 2.45. The number of carbonyl (C=O) groups is 1. The van der Waals surface area contributed by atoms with Gasteiger partial charge in [-0.1, -0.05) is 42.5 Å². The lowest BCUT2D eigenvalue weighted by Crippen LogP contribution is -2.46. The number of hydrogen-bond acceptors (Lipinski definition) is 3. The van der Waals surface area contributed by atoms with Crippen LogP contribution in [0.4, 0.5) is 0 Å². The molecular weight excluding hydrogens is 226 g/mol. The van der Waals surface area contributed by atoms with Crippen LogP contribution in [0.2, 0.25) is 0 Å². The fourth-order valence-corrected chi connectivity index (χ4v) is 2.45. The molecule has 18 heavy (non-hydrogen) atoms. The molecule has 1 saturated heterocycles. The number of ether oxygens (including phenoxy) is 1. The molecule has 1 fully saturated rings. The molecule has 0 bridgehead atoms. The topological polar surface area (TPSA) is 52.3 Å². The van der Waals surface area contributed by atoms with Gasteiger partial charge < -0.3 is 10.5 Å². The van der Waals surface area contributed by atoms with E-state index in [1.165, 1.54) is 10.8 Å². The zero-order chi connectivity index (χ0) is 12.6. The molecule has 0 saturated carbocycles. The predicted molar refractivity (Wildman–Crippen MR) is 70.1 cm³/mol. The highest BCUT2D eigenvalue weighted by atomic mass is 16.5. The fraction of sp³-hybridized carbons (Fsp3) is 0.267. The van der Waals surface area contributed by atoms with Gasteiger partial charge in [0.1, 0.15) is 5.54 Å². The molecule has 0 unspecified atom stereocenters. The Kier molecular flexibility index (Phi) is 2.56. The van der Waals surface area contributed by atoms with E-state index in [-0.39, 0.29) is 5.97 Å². The van der Waals surface area contributed by atoms with E-state index < -0.39 is 5.54 Å². The molecule has 0 aliphatic carbocycles. The summed E-state index contributed by atoms with van der Waals surface area (Å²) in [7, 11) is 0. The molecule has 0 spiro atoms. The lowest BCUT2D eigenvalue weighted by atomic mass is 9.90. The Morgan fingerprint density at radius 2 is 1.94 bits per heavy atom. The van der Waals surface area contributed by atoms with Crippen molar-refractivity contribution in [3.8, 4) is 0 Å². The van der Waals surface area contributed by atoms with E-state index in [1.54, 1.807) is 0 Å². The Bertz CT molecular complexity index is 608. The molecule has 3 rings (SSSR count). The molecule has 1 heterocycles. The quantitative estimate of drug-likeness (QED) is 0.818. The van der Waals surface area contributed by atoms with Crippen molar-refractivity contribution in [1.29, 1.82) is 0 Å². The van der Waals surface area contributed by atoms with Crippen LogP contribution in [0.5, 0.6) is 0 Å². The molecule has 2 aromatic rings. The predicted octanol–water partition coefficient (Wildman–Crippen LogP) is 2.03. The minimum absolute atomic E-state index is 0.282. The molecule has 1 atom stereocenters. The molecule has 0 aromatic heterocycles. The van der Waals surface area contributed by atoms with Crippen LogP contribution in [0.25, 0.3) is 10.8 Å². The lowest BCUT2D eigenvalue weighted by Gasteiger charge is -2.18. The number of cyclic esters (lactones) is 1. The first kappa shape index (κ1) is 11.2. The van der Waals surface area contributed by atoms with E-state index >= 15 is 0 Å². The lowest BCUT2D eigenvalue weighted by molar-refractivity contribution is -0.142. The SMILES string of the molecule is N[C@@]1(Cc2ccc3ccccc3c2)CCOC1=O. The highest BCUT2D eigenvalue weighted by molar-refractivity contribution is 5.85. The molecule has 2 N–H and O–H groups in total. The van der Waals surface area contributed by atoms with Crippen molar-refractivity contribution in [2.45, 2.75) is 18.4 Å². The first-order valence-corrected chi connectivity index (χ1v) is 6.11. The molecule has 2 aromatic carbocycles. The normalized spacial score (nSPS) is 23.3. The Hall–Kier alpha value is -1.87. The van der Waals surface area contributed by atoms with Gasteiger partial charge >= 0.3 is 5.97 Å². The van der Waals surface area contributed by atoms with E-state index in [1.807, 2.05) is 18.2 Å². The van der Waals surface area contributed by atoms with Gasteiger partial charge in [0, 0.05) is 12.8 Å². The third-order valence-corrected chi connectivity index (χ3v) is 3.52. The summed E-state index contributed by atoms with van der Waals surface area (Å²) < 4.78 is 4.96. The number of nitrogens with two attached hydrogens (primary N) is 1. The molecule has 0 amide bonds. The number of fused-ring (bicyclic) bond motifs is 1. The van der Waals surface area contributed by atoms with Gasteiger partial charge in [-0.3, -0.25) is 4.79 Å². The largest absolute Gasteiger partial charge is 0.464 e. The van der Waals surface area contributed by atoms with Gasteiger partial charge in [0.05, 0.1) is 6.61 Å². The third-order valence-electron chi connectivity index (χ3n) is 3.52. The van der Waals surface area contributed by atoms with Crippen LogP contribution >= 0.6 is 0 Å². The number of rotatable bonds is 2. The van der Waals surface area contributed by atoms with Gasteiger partial charge in [-0.2, -0.15) is 0 Å². The van der Waals surface area contributed by atoms with Gasteiger partial charge in [0.15, 0.2) is 0 Å². The second-order valence-electron chi connectivity index (χ2n) is 4.90. The number of esters is 1. The molecule has 1 aliphatic heterocycles. The Balaban J connectivity index is 1.93. The number of carbonyl (C=O) groups excluding carboxylic acids is 1. The third kappa shape index (κ3) is 1.87. The first-order valence-electron chi connectivity index (χ1n) is 6.11. The summed E-state index contributed by atoms with van der Waals surface area (Å²) in [6, 6.07) is 14.3. The van der Waals surface area contributed by atoms with Gasteiger partial charge in [-0.25, -0.2) is 0 Å². The van der Waals surface area contributed by atoms with Crippen molar-refractivity contribution in [2.24, 2.45) is 5.73 Å². The summed E-state index contributed by atoms with van der Waals surface area (Å²) in [6.07, 6.45) is 1.13. The van der Waals surface area contributed by atoms with Crippen molar-refractivity contribution in [2.75, 3.05) is 6.61 Å². The zero-order valence-corrected chi connectivity index (χ0v) is 10.1. The molecule has 92 valence electrons. The molecular formula is C15H15NO2. The number of benzene rings is 2. The minimum Gasteiger partial charge on any atom is -0.464 e. The average molecular weight is 241 g/mol. The van der Waals surface area contributed by atoms with Crippen LogP contribution in [0.15, 0.2) is 42.5 Å². The van der Waals surface area contributed by atoms with Crippen molar-refractivity contribution in [3.05, 3.63) is 48.0 Å². The van der Waals surface area contributed by atoms with Gasteiger partial charge in [0.25, 0.3) is 0 Å². The van der Waals surface area contributed by atoms with E-state index in [0.717, 1.165) is 5.56 Å². The average Bonchev–Trinajstić information content (AvgIpc) is 2.69. The van der Waals surface area contributed by atoms with E-state index in [9.17, 15) is 4.79 Å². The van der Waals surface area contributed by atoms with Crippen molar-refractivity contribution >= 4 is 16.7 Å². The smallest absolute Gasteiger partial charge is 0.326 e. The molecule has 1 aliphatic rings. The maximum atomic E-state index is 11.6. The highest BCUT2D eigenvalue weighted by Crippen LogP contribution is 2.24. The zero-order valence-electron chi connectivity index (χ0n) is 10.1. The maximum Gasteiger partial charge on any atom is 0.326 e. The Labute approximate surface area is 106 Å². The molecule has 0 radical (unpaired) electrons. The summed E-state index contributed by atoms with van der Waals surface area (Å²) >= 11 is 0. The van der Waals surface area contributed by atoms with E-state index in [2.05, 4.69) is 24.3 Å². The van der Waals surface area contributed by atoms with Crippen LogP contribution in [-0.2, 0) is 16.0 Å². The first-order chi connectivity index (χ1) is 8.67. The maximum absolute atomic E-state index is 11.6. The van der Waals surface area contributed by atoms with Crippen molar-refractivity contribution in [3.63, 3.8) is 0 Å². The number of hydrogen-bond donors (Lipinski definition) is 1. The monoisotopic (exact) mass is 241 g/mol. The second-order valence-corrected chi connectivity index (χ2v) is 4.90. The van der Waals surface area contributed by atoms with Gasteiger partial charge in [0.2, 0.25) is 0 Å². The van der Waals surface area contributed by atoms with Crippen molar-refractivity contribution in [1.82, 2.24) is 0 Å². The van der Waals surface area contributed by atoms with Crippen LogP contribution in [0.3, 0.4) is 0 Å². The van der Waals surface area contributed by atoms with Crippen LogP contribution in [0, 0.1) is 0 Å². The van der Waals surface area contributed by atoms with E-state index in [0.29, 0.717) is 19.4 Å². The summed E-state index contributed by atoms with van der Waals surface area (Å²) in [4.78, 5) is 11.6. The van der Waals surface area contributed by atoms with E-state index in [4.69, 9.17) is 10.5 Å². The van der Waals surface area contributed by atoms with Crippen LogP contribution < -0.4 is 5.73 Å². The second kappa shape index (κ2) is 4.10.